The molecule has 2 rings (SSSR count). The fraction of sp³-hybridized carbons (Fsp3) is 0.500. The van der Waals surface area contributed by atoms with Gasteiger partial charge in [0.1, 0.15) is 6.67 Å². The quantitative estimate of drug-likeness (QED) is 0.778. The maximum atomic E-state index is 12.0. The van der Waals surface area contributed by atoms with Crippen molar-refractivity contribution < 1.29 is 4.39 Å². The third-order valence-corrected chi connectivity index (χ3v) is 2.81. The van der Waals surface area contributed by atoms with Crippen molar-refractivity contribution in [2.24, 2.45) is 0 Å². The first-order chi connectivity index (χ1) is 6.92. The predicted octanol–water partition coefficient (Wildman–Crippen LogP) is 2.95. The zero-order valence-corrected chi connectivity index (χ0v) is 8.35. The second-order valence-corrected chi connectivity index (χ2v) is 3.77. The Labute approximate surface area is 84.3 Å². The summed E-state index contributed by atoms with van der Waals surface area (Å²) in [5, 5.41) is 3.15. The molecule has 0 amide bonds. The molecule has 0 atom stereocenters. The van der Waals surface area contributed by atoms with Crippen LogP contribution in [0.15, 0.2) is 18.2 Å². The summed E-state index contributed by atoms with van der Waals surface area (Å²) in [5.74, 6) is 0. The first-order valence-corrected chi connectivity index (χ1v) is 5.32. The van der Waals surface area contributed by atoms with E-state index in [1.807, 2.05) is 0 Å². The van der Waals surface area contributed by atoms with Crippen molar-refractivity contribution in [2.45, 2.75) is 25.7 Å². The van der Waals surface area contributed by atoms with Crippen LogP contribution in [0.25, 0.3) is 0 Å². The molecule has 0 radical (unpaired) electrons. The molecule has 0 spiro atoms. The molecule has 2 heteroatoms. The summed E-state index contributed by atoms with van der Waals surface area (Å²) in [4.78, 5) is 0. The third kappa shape index (κ3) is 1.89. The van der Waals surface area contributed by atoms with Gasteiger partial charge in [-0.05, 0) is 42.9 Å². The van der Waals surface area contributed by atoms with Crippen LogP contribution in [-0.4, -0.2) is 13.2 Å². The van der Waals surface area contributed by atoms with Gasteiger partial charge in [-0.25, -0.2) is 4.39 Å². The molecule has 1 aliphatic rings. The van der Waals surface area contributed by atoms with E-state index in [1.165, 1.54) is 30.4 Å². The standard InChI is InChI=1S/C12H16FN/c13-8-9-14-12-7-3-5-10-4-1-2-6-11(10)12/h3,5,7,14H,1-2,4,6,8-9H2. The van der Waals surface area contributed by atoms with Crippen molar-refractivity contribution in [3.05, 3.63) is 29.3 Å². The summed E-state index contributed by atoms with van der Waals surface area (Å²) in [5.41, 5.74) is 3.99. The molecular weight excluding hydrogens is 177 g/mol. The highest BCUT2D eigenvalue weighted by Crippen LogP contribution is 2.27. The van der Waals surface area contributed by atoms with Gasteiger partial charge in [0.25, 0.3) is 0 Å². The molecule has 0 saturated carbocycles. The Hall–Kier alpha value is -1.05. The van der Waals surface area contributed by atoms with Crippen LogP contribution in [0.1, 0.15) is 24.0 Å². The van der Waals surface area contributed by atoms with Gasteiger partial charge in [-0.1, -0.05) is 12.1 Å². The van der Waals surface area contributed by atoms with Crippen molar-refractivity contribution in [1.82, 2.24) is 0 Å². The number of rotatable bonds is 3. The second kappa shape index (κ2) is 4.45. The maximum absolute atomic E-state index is 12.0. The summed E-state index contributed by atoms with van der Waals surface area (Å²) >= 11 is 0. The van der Waals surface area contributed by atoms with Gasteiger partial charge in [-0.3, -0.25) is 0 Å². The highest BCUT2D eigenvalue weighted by Gasteiger charge is 2.11. The molecule has 76 valence electrons. The van der Waals surface area contributed by atoms with Gasteiger partial charge in [-0.2, -0.15) is 0 Å². The molecule has 0 unspecified atom stereocenters. The summed E-state index contributed by atoms with van der Waals surface area (Å²) in [7, 11) is 0. The van der Waals surface area contributed by atoms with Gasteiger partial charge < -0.3 is 5.32 Å². The number of alkyl halides is 1. The van der Waals surface area contributed by atoms with Crippen molar-refractivity contribution in [3.8, 4) is 0 Å². The Morgan fingerprint density at radius 3 is 2.93 bits per heavy atom. The molecule has 1 aromatic rings. The number of anilines is 1. The van der Waals surface area contributed by atoms with Gasteiger partial charge in [0.15, 0.2) is 0 Å². The minimum Gasteiger partial charge on any atom is -0.382 e. The van der Waals surface area contributed by atoms with E-state index in [0.717, 1.165) is 12.1 Å². The van der Waals surface area contributed by atoms with Gasteiger partial charge in [0, 0.05) is 12.2 Å². The van der Waals surface area contributed by atoms with Crippen LogP contribution >= 0.6 is 0 Å². The average molecular weight is 193 g/mol. The van der Waals surface area contributed by atoms with Crippen LogP contribution in [0.2, 0.25) is 0 Å². The number of hydrogen-bond acceptors (Lipinski definition) is 1. The molecule has 0 bridgehead atoms. The van der Waals surface area contributed by atoms with E-state index in [1.54, 1.807) is 0 Å². The summed E-state index contributed by atoms with van der Waals surface area (Å²) in [6.07, 6.45) is 4.88. The molecule has 0 fully saturated rings. The lowest BCUT2D eigenvalue weighted by molar-refractivity contribution is 0.512. The number of benzene rings is 1. The smallest absolute Gasteiger partial charge is 0.107 e. The van der Waals surface area contributed by atoms with Crippen molar-refractivity contribution >= 4 is 5.69 Å². The molecule has 1 N–H and O–H groups in total. The van der Waals surface area contributed by atoms with E-state index in [0.29, 0.717) is 6.54 Å². The lowest BCUT2D eigenvalue weighted by atomic mass is 9.90. The molecule has 1 aliphatic carbocycles. The van der Waals surface area contributed by atoms with Crippen LogP contribution in [0.5, 0.6) is 0 Å². The van der Waals surface area contributed by atoms with E-state index in [2.05, 4.69) is 23.5 Å². The average Bonchev–Trinajstić information content (AvgIpc) is 2.26. The normalized spacial score (nSPS) is 14.9. The zero-order valence-electron chi connectivity index (χ0n) is 8.35. The van der Waals surface area contributed by atoms with Crippen molar-refractivity contribution in [3.63, 3.8) is 0 Å². The van der Waals surface area contributed by atoms with Crippen LogP contribution in [0, 0.1) is 0 Å². The fourth-order valence-corrected chi connectivity index (χ4v) is 2.13. The number of fused-ring (bicyclic) bond motifs is 1. The predicted molar refractivity (Wildman–Crippen MR) is 57.5 cm³/mol. The molecule has 1 aromatic carbocycles. The lowest BCUT2D eigenvalue weighted by Crippen LogP contribution is -2.10. The minimum absolute atomic E-state index is 0.302. The minimum atomic E-state index is -0.302. The van der Waals surface area contributed by atoms with Crippen molar-refractivity contribution in [1.29, 1.82) is 0 Å². The van der Waals surface area contributed by atoms with Crippen LogP contribution in [-0.2, 0) is 12.8 Å². The van der Waals surface area contributed by atoms with Gasteiger partial charge in [0.2, 0.25) is 0 Å². The van der Waals surface area contributed by atoms with Gasteiger partial charge in [0.05, 0.1) is 0 Å². The SMILES string of the molecule is FCCNc1cccc2c1CCCC2. The lowest BCUT2D eigenvalue weighted by Gasteiger charge is -2.19. The largest absolute Gasteiger partial charge is 0.382 e. The van der Waals surface area contributed by atoms with E-state index >= 15 is 0 Å². The Morgan fingerprint density at radius 1 is 1.21 bits per heavy atom. The number of nitrogens with one attached hydrogen (secondary N) is 1. The Kier molecular flexibility index (Phi) is 3.02. The van der Waals surface area contributed by atoms with Crippen LogP contribution in [0.4, 0.5) is 10.1 Å². The Morgan fingerprint density at radius 2 is 2.07 bits per heavy atom. The Bertz CT molecular complexity index is 309. The van der Waals surface area contributed by atoms with Crippen LogP contribution in [0.3, 0.4) is 0 Å². The van der Waals surface area contributed by atoms with E-state index < -0.39 is 0 Å². The van der Waals surface area contributed by atoms with Gasteiger partial charge >= 0.3 is 0 Å². The number of hydrogen-bond donors (Lipinski definition) is 1. The monoisotopic (exact) mass is 193 g/mol. The second-order valence-electron chi connectivity index (χ2n) is 3.77. The first-order valence-electron chi connectivity index (χ1n) is 5.32. The summed E-state index contributed by atoms with van der Waals surface area (Å²) in [6.45, 7) is 0.125. The van der Waals surface area contributed by atoms with E-state index in [-0.39, 0.29) is 6.67 Å². The maximum Gasteiger partial charge on any atom is 0.107 e. The van der Waals surface area contributed by atoms with E-state index in [4.69, 9.17) is 0 Å². The third-order valence-electron chi connectivity index (χ3n) is 2.81. The first kappa shape index (κ1) is 9.50. The van der Waals surface area contributed by atoms with E-state index in [9.17, 15) is 4.39 Å². The highest BCUT2D eigenvalue weighted by atomic mass is 19.1. The molecule has 0 aromatic heterocycles. The van der Waals surface area contributed by atoms with Crippen molar-refractivity contribution in [2.75, 3.05) is 18.5 Å². The molecule has 14 heavy (non-hydrogen) atoms. The number of halogens is 1. The fourth-order valence-electron chi connectivity index (χ4n) is 2.13. The number of aryl methyl sites for hydroxylation is 1. The Balaban J connectivity index is 2.21. The molecular formula is C12H16FN. The van der Waals surface area contributed by atoms with Gasteiger partial charge in [-0.15, -0.1) is 0 Å². The molecule has 0 aliphatic heterocycles. The molecule has 1 nitrogen and oxygen atoms in total. The highest BCUT2D eigenvalue weighted by molar-refractivity contribution is 5.55. The molecule has 0 heterocycles. The van der Waals surface area contributed by atoms with Crippen LogP contribution < -0.4 is 5.32 Å². The topological polar surface area (TPSA) is 12.0 Å². The zero-order chi connectivity index (χ0) is 9.80. The summed E-state index contributed by atoms with van der Waals surface area (Å²) < 4.78 is 12.0. The summed E-state index contributed by atoms with van der Waals surface area (Å²) in [6, 6.07) is 6.31. The molecule has 0 saturated heterocycles.